The van der Waals surface area contributed by atoms with Gasteiger partial charge in [0.15, 0.2) is 0 Å². The molecule has 1 aromatic rings. The van der Waals surface area contributed by atoms with E-state index in [9.17, 15) is 0 Å². The van der Waals surface area contributed by atoms with E-state index in [-0.39, 0.29) is 0 Å². The minimum Gasteiger partial charge on any atom is -0.492 e. The summed E-state index contributed by atoms with van der Waals surface area (Å²) >= 11 is 3.65. The molecule has 1 saturated carbocycles. The minimum absolute atomic E-state index is 0.500. The highest BCUT2D eigenvalue weighted by Gasteiger charge is 2.28. The number of benzene rings is 1. The summed E-state index contributed by atoms with van der Waals surface area (Å²) in [5.41, 5.74) is 1.39. The molecule has 1 atom stereocenters. The third-order valence-corrected chi connectivity index (χ3v) is 4.63. The van der Waals surface area contributed by atoms with Crippen LogP contribution in [0.5, 0.6) is 5.75 Å². The molecule has 0 saturated heterocycles. The maximum absolute atomic E-state index is 5.74. The fourth-order valence-electron chi connectivity index (χ4n) is 2.67. The highest BCUT2D eigenvalue weighted by atomic mass is 79.9. The Morgan fingerprint density at radius 3 is 2.65 bits per heavy atom. The highest BCUT2D eigenvalue weighted by molar-refractivity contribution is 9.10. The zero-order valence-electron chi connectivity index (χ0n) is 12.6. The third kappa shape index (κ3) is 3.98. The Morgan fingerprint density at radius 1 is 1.30 bits per heavy atom. The van der Waals surface area contributed by atoms with Crippen LogP contribution in [0.15, 0.2) is 22.7 Å². The van der Waals surface area contributed by atoms with Gasteiger partial charge in [0.1, 0.15) is 5.75 Å². The molecule has 0 amide bonds. The Labute approximate surface area is 131 Å². The Balaban J connectivity index is 2.09. The van der Waals surface area contributed by atoms with E-state index in [1.807, 2.05) is 0 Å². The van der Waals surface area contributed by atoms with Gasteiger partial charge in [-0.25, -0.2) is 0 Å². The van der Waals surface area contributed by atoms with Crippen LogP contribution in [0.4, 0.5) is 0 Å². The van der Waals surface area contributed by atoms with Gasteiger partial charge in [-0.15, -0.1) is 0 Å². The topological polar surface area (TPSA) is 21.3 Å². The summed E-state index contributed by atoms with van der Waals surface area (Å²) < 4.78 is 6.81. The molecule has 1 unspecified atom stereocenters. The molecule has 0 radical (unpaired) electrons. The molecule has 1 aliphatic carbocycles. The van der Waals surface area contributed by atoms with Crippen LogP contribution >= 0.6 is 15.9 Å². The lowest BCUT2D eigenvalue weighted by molar-refractivity contribution is 0.231. The summed E-state index contributed by atoms with van der Waals surface area (Å²) in [6.07, 6.45) is 6.31. The molecule has 1 aromatic carbocycles. The fraction of sp³-hybridized carbons (Fsp3) is 0.647. The van der Waals surface area contributed by atoms with Gasteiger partial charge in [-0.05, 0) is 71.8 Å². The van der Waals surface area contributed by atoms with Crippen LogP contribution in [0.2, 0.25) is 0 Å². The molecular formula is C17H26BrNO. The van der Waals surface area contributed by atoms with Crippen molar-refractivity contribution in [3.05, 3.63) is 28.2 Å². The van der Waals surface area contributed by atoms with Gasteiger partial charge >= 0.3 is 0 Å². The van der Waals surface area contributed by atoms with E-state index in [4.69, 9.17) is 4.74 Å². The van der Waals surface area contributed by atoms with Crippen molar-refractivity contribution in [1.29, 1.82) is 0 Å². The number of nitrogens with one attached hydrogen (secondary N) is 1. The second-order valence-corrected chi connectivity index (χ2v) is 6.52. The summed E-state index contributed by atoms with van der Waals surface area (Å²) in [4.78, 5) is 0. The summed E-state index contributed by atoms with van der Waals surface area (Å²) in [6, 6.07) is 7.06. The van der Waals surface area contributed by atoms with Crippen LogP contribution in [0.25, 0.3) is 0 Å². The molecule has 0 aromatic heterocycles. The van der Waals surface area contributed by atoms with Crippen molar-refractivity contribution in [2.24, 2.45) is 5.92 Å². The molecule has 2 rings (SSSR count). The lowest BCUT2D eigenvalue weighted by Crippen LogP contribution is -2.32. The monoisotopic (exact) mass is 339 g/mol. The average molecular weight is 340 g/mol. The van der Waals surface area contributed by atoms with Crippen LogP contribution < -0.4 is 10.1 Å². The molecule has 0 spiro atoms. The van der Waals surface area contributed by atoms with Gasteiger partial charge in [0.2, 0.25) is 0 Å². The van der Waals surface area contributed by atoms with Gasteiger partial charge in [-0.3, -0.25) is 0 Å². The highest BCUT2D eigenvalue weighted by Crippen LogP contribution is 2.39. The van der Waals surface area contributed by atoms with Crippen molar-refractivity contribution in [2.45, 2.75) is 52.0 Å². The van der Waals surface area contributed by atoms with Gasteiger partial charge in [0.05, 0.1) is 11.1 Å². The summed E-state index contributed by atoms with van der Waals surface area (Å²) in [5, 5.41) is 3.72. The SMILES string of the molecule is CCCNC(c1ccc(OCCC)c(Br)c1)C1CCC1. The molecular weight excluding hydrogens is 314 g/mol. The molecule has 1 fully saturated rings. The standard InChI is InChI=1S/C17H26BrNO/c1-3-10-19-17(13-6-5-7-13)14-8-9-16(15(18)12-14)20-11-4-2/h8-9,12-13,17,19H,3-7,10-11H2,1-2H3. The smallest absolute Gasteiger partial charge is 0.133 e. The van der Waals surface area contributed by atoms with Crippen LogP contribution in [-0.4, -0.2) is 13.2 Å². The van der Waals surface area contributed by atoms with Crippen molar-refractivity contribution < 1.29 is 4.74 Å². The van der Waals surface area contributed by atoms with Gasteiger partial charge in [0.25, 0.3) is 0 Å². The lowest BCUT2D eigenvalue weighted by atomic mass is 9.77. The Hall–Kier alpha value is -0.540. The van der Waals surface area contributed by atoms with Crippen molar-refractivity contribution in [1.82, 2.24) is 5.32 Å². The number of hydrogen-bond donors (Lipinski definition) is 1. The van der Waals surface area contributed by atoms with Crippen molar-refractivity contribution in [2.75, 3.05) is 13.2 Å². The molecule has 1 N–H and O–H groups in total. The molecule has 2 nitrogen and oxygen atoms in total. The van der Waals surface area contributed by atoms with Gasteiger partial charge in [-0.2, -0.15) is 0 Å². The normalized spacial score (nSPS) is 16.8. The third-order valence-electron chi connectivity index (χ3n) is 4.01. The van der Waals surface area contributed by atoms with Gasteiger partial charge < -0.3 is 10.1 Å². The van der Waals surface area contributed by atoms with Crippen molar-refractivity contribution >= 4 is 15.9 Å². The Bertz CT molecular complexity index is 417. The van der Waals surface area contributed by atoms with Crippen molar-refractivity contribution in [3.8, 4) is 5.75 Å². The van der Waals surface area contributed by atoms with E-state index in [0.717, 1.165) is 35.7 Å². The van der Waals surface area contributed by atoms with E-state index < -0.39 is 0 Å². The van der Waals surface area contributed by atoms with E-state index in [2.05, 4.69) is 53.3 Å². The van der Waals surface area contributed by atoms with E-state index in [1.54, 1.807) is 0 Å². The van der Waals surface area contributed by atoms with Crippen molar-refractivity contribution in [3.63, 3.8) is 0 Å². The first-order chi connectivity index (χ1) is 9.76. The van der Waals surface area contributed by atoms with Gasteiger partial charge in [0, 0.05) is 6.04 Å². The van der Waals surface area contributed by atoms with Crippen LogP contribution in [-0.2, 0) is 0 Å². The predicted octanol–water partition coefficient (Wildman–Crippen LogP) is 5.08. The Kier molecular flexibility index (Phi) is 6.37. The number of hydrogen-bond acceptors (Lipinski definition) is 2. The first-order valence-corrected chi connectivity index (χ1v) is 8.71. The number of halogens is 1. The molecule has 0 bridgehead atoms. The largest absolute Gasteiger partial charge is 0.492 e. The first-order valence-electron chi connectivity index (χ1n) is 7.91. The molecule has 112 valence electrons. The Morgan fingerprint density at radius 2 is 2.10 bits per heavy atom. The maximum atomic E-state index is 5.74. The van der Waals surface area contributed by atoms with Gasteiger partial charge in [-0.1, -0.05) is 26.3 Å². The zero-order chi connectivity index (χ0) is 14.4. The fourth-order valence-corrected chi connectivity index (χ4v) is 3.18. The summed E-state index contributed by atoms with van der Waals surface area (Å²) in [5.74, 6) is 1.76. The van der Waals surface area contributed by atoms with E-state index >= 15 is 0 Å². The summed E-state index contributed by atoms with van der Waals surface area (Å²) in [7, 11) is 0. The van der Waals surface area contributed by atoms with Crippen LogP contribution in [0.3, 0.4) is 0 Å². The minimum atomic E-state index is 0.500. The van der Waals surface area contributed by atoms with E-state index in [1.165, 1.54) is 31.2 Å². The zero-order valence-corrected chi connectivity index (χ0v) is 14.2. The number of ether oxygens (including phenoxy) is 1. The quantitative estimate of drug-likeness (QED) is 0.713. The molecule has 3 heteroatoms. The molecule has 0 heterocycles. The average Bonchev–Trinajstić information content (AvgIpc) is 2.40. The maximum Gasteiger partial charge on any atom is 0.133 e. The second-order valence-electron chi connectivity index (χ2n) is 5.66. The summed E-state index contributed by atoms with van der Waals surface area (Å²) in [6.45, 7) is 6.22. The lowest BCUT2D eigenvalue weighted by Gasteiger charge is -2.35. The molecule has 0 aliphatic heterocycles. The molecule has 20 heavy (non-hydrogen) atoms. The van der Waals surface area contributed by atoms with Crippen LogP contribution in [0, 0.1) is 5.92 Å². The molecule has 1 aliphatic rings. The van der Waals surface area contributed by atoms with Crippen LogP contribution in [0.1, 0.15) is 57.6 Å². The number of rotatable bonds is 8. The van der Waals surface area contributed by atoms with E-state index in [0.29, 0.717) is 6.04 Å². The predicted molar refractivity (Wildman–Crippen MR) is 88.3 cm³/mol. The second kappa shape index (κ2) is 8.04. The first kappa shape index (κ1) is 15.8.